The molecule has 1 amide bonds. The Hall–Kier alpha value is -1.62. The first-order valence-electron chi connectivity index (χ1n) is 6.93. The Morgan fingerprint density at radius 1 is 1.47 bits per heavy atom. The average molecular weight is 262 g/mol. The van der Waals surface area contributed by atoms with Crippen molar-refractivity contribution in [3.8, 4) is 0 Å². The van der Waals surface area contributed by atoms with Crippen LogP contribution < -0.4 is 16.0 Å². The van der Waals surface area contributed by atoms with Gasteiger partial charge in [0.05, 0.1) is 0 Å². The van der Waals surface area contributed by atoms with Gasteiger partial charge in [0.1, 0.15) is 11.5 Å². The van der Waals surface area contributed by atoms with E-state index in [0.29, 0.717) is 5.69 Å². The zero-order chi connectivity index (χ0) is 13.7. The van der Waals surface area contributed by atoms with E-state index in [9.17, 15) is 4.79 Å². The molecule has 5 nitrogen and oxygen atoms in total. The second kappa shape index (κ2) is 6.52. The lowest BCUT2D eigenvalue weighted by atomic mass is 9.97. The summed E-state index contributed by atoms with van der Waals surface area (Å²) in [6.45, 7) is 6.24. The Labute approximate surface area is 114 Å². The summed E-state index contributed by atoms with van der Waals surface area (Å²) < 4.78 is 0. The average Bonchev–Trinajstić information content (AvgIpc) is 2.46. The Bertz CT molecular complexity index is 427. The molecule has 1 saturated heterocycles. The number of piperidine rings is 1. The Kier molecular flexibility index (Phi) is 4.74. The van der Waals surface area contributed by atoms with Crippen molar-refractivity contribution in [1.29, 1.82) is 0 Å². The number of aromatic nitrogens is 1. The first-order valence-corrected chi connectivity index (χ1v) is 6.93. The van der Waals surface area contributed by atoms with Crippen LogP contribution in [0.25, 0.3) is 0 Å². The highest BCUT2D eigenvalue weighted by Gasteiger charge is 2.20. The zero-order valence-corrected chi connectivity index (χ0v) is 11.4. The number of nitrogens with zero attached hydrogens (tertiary/aromatic N) is 2. The van der Waals surface area contributed by atoms with E-state index in [1.807, 2.05) is 12.1 Å². The predicted octanol–water partition coefficient (Wildman–Crippen LogP) is 1.01. The zero-order valence-electron chi connectivity index (χ0n) is 11.4. The maximum Gasteiger partial charge on any atom is 0.267 e. The third-order valence-electron chi connectivity index (χ3n) is 3.61. The highest BCUT2D eigenvalue weighted by Crippen LogP contribution is 2.21. The molecule has 1 fully saturated rings. The smallest absolute Gasteiger partial charge is 0.267 e. The lowest BCUT2D eigenvalue weighted by Crippen LogP contribution is -2.37. The van der Waals surface area contributed by atoms with Gasteiger partial charge in [-0.15, -0.1) is 0 Å². The van der Waals surface area contributed by atoms with Gasteiger partial charge in [0.2, 0.25) is 0 Å². The topological polar surface area (TPSA) is 71.2 Å². The van der Waals surface area contributed by atoms with Crippen molar-refractivity contribution in [3.05, 3.63) is 23.9 Å². The van der Waals surface area contributed by atoms with Crippen molar-refractivity contribution in [1.82, 2.24) is 10.3 Å². The molecule has 0 bridgehead atoms. The number of primary amides is 1. The van der Waals surface area contributed by atoms with Crippen LogP contribution >= 0.6 is 0 Å². The lowest BCUT2D eigenvalue weighted by Gasteiger charge is -2.33. The van der Waals surface area contributed by atoms with Crippen molar-refractivity contribution in [2.45, 2.75) is 19.8 Å². The maximum atomic E-state index is 11.1. The summed E-state index contributed by atoms with van der Waals surface area (Å²) in [6, 6.07) is 5.44. The molecule has 2 heterocycles. The third-order valence-corrected chi connectivity index (χ3v) is 3.61. The Morgan fingerprint density at radius 3 is 2.84 bits per heavy atom. The summed E-state index contributed by atoms with van der Waals surface area (Å²) in [4.78, 5) is 17.7. The maximum absolute atomic E-state index is 11.1. The Morgan fingerprint density at radius 2 is 2.21 bits per heavy atom. The van der Waals surface area contributed by atoms with E-state index in [0.717, 1.165) is 50.8 Å². The molecule has 0 aromatic carbocycles. The van der Waals surface area contributed by atoms with Gasteiger partial charge < -0.3 is 16.0 Å². The van der Waals surface area contributed by atoms with Crippen molar-refractivity contribution in [2.75, 3.05) is 31.1 Å². The number of hydrogen-bond acceptors (Lipinski definition) is 4. The van der Waals surface area contributed by atoms with E-state index in [2.05, 4.69) is 22.1 Å². The Balaban J connectivity index is 1.94. The number of anilines is 1. The molecule has 1 aromatic heterocycles. The normalized spacial score (nSPS) is 16.6. The number of carbonyl (C=O) groups is 1. The highest BCUT2D eigenvalue weighted by atomic mass is 16.1. The van der Waals surface area contributed by atoms with Gasteiger partial charge in [-0.2, -0.15) is 0 Å². The summed E-state index contributed by atoms with van der Waals surface area (Å²) in [5.74, 6) is 1.14. The minimum atomic E-state index is -0.469. The van der Waals surface area contributed by atoms with Crippen LogP contribution in [0.1, 0.15) is 30.3 Å². The van der Waals surface area contributed by atoms with E-state index in [-0.39, 0.29) is 0 Å². The van der Waals surface area contributed by atoms with Crippen LogP contribution in [-0.4, -0.2) is 37.1 Å². The molecule has 3 N–H and O–H groups in total. The molecule has 0 unspecified atom stereocenters. The summed E-state index contributed by atoms with van der Waals surface area (Å²) in [5.41, 5.74) is 5.60. The van der Waals surface area contributed by atoms with Gasteiger partial charge in [0, 0.05) is 13.1 Å². The van der Waals surface area contributed by atoms with Crippen LogP contribution in [0.15, 0.2) is 18.2 Å². The van der Waals surface area contributed by atoms with Gasteiger partial charge in [-0.05, 0) is 44.0 Å². The molecule has 0 saturated carbocycles. The molecule has 104 valence electrons. The monoisotopic (exact) mass is 262 g/mol. The second-order valence-corrected chi connectivity index (χ2v) is 4.98. The first-order chi connectivity index (χ1) is 9.20. The molecule has 2 rings (SSSR count). The standard InChI is InChI=1S/C14H22N4O/c1-2-16-10-11-6-8-18(9-7-11)13-5-3-4-12(17-13)14(15)19/h3-5,11,16H,2,6-10H2,1H3,(H2,15,19). The number of carbonyl (C=O) groups excluding carboxylic acids is 1. The van der Waals surface area contributed by atoms with E-state index in [1.54, 1.807) is 6.07 Å². The van der Waals surface area contributed by atoms with Crippen LogP contribution in [0.3, 0.4) is 0 Å². The largest absolute Gasteiger partial charge is 0.364 e. The summed E-state index contributed by atoms with van der Waals surface area (Å²) >= 11 is 0. The molecule has 19 heavy (non-hydrogen) atoms. The number of nitrogens with two attached hydrogens (primary N) is 1. The molecule has 1 aromatic rings. The third kappa shape index (κ3) is 3.67. The van der Waals surface area contributed by atoms with Gasteiger partial charge in [0.25, 0.3) is 5.91 Å². The number of hydrogen-bond donors (Lipinski definition) is 2. The van der Waals surface area contributed by atoms with Crippen molar-refractivity contribution < 1.29 is 4.79 Å². The van der Waals surface area contributed by atoms with Crippen LogP contribution in [0, 0.1) is 5.92 Å². The van der Waals surface area contributed by atoms with Gasteiger partial charge in [-0.1, -0.05) is 13.0 Å². The van der Waals surface area contributed by atoms with Crippen LogP contribution in [0.4, 0.5) is 5.82 Å². The van der Waals surface area contributed by atoms with E-state index < -0.39 is 5.91 Å². The molecule has 1 aliphatic rings. The van der Waals surface area contributed by atoms with Crippen LogP contribution in [0.2, 0.25) is 0 Å². The van der Waals surface area contributed by atoms with E-state index in [1.165, 1.54) is 0 Å². The lowest BCUT2D eigenvalue weighted by molar-refractivity contribution is 0.0995. The quantitative estimate of drug-likeness (QED) is 0.830. The first kappa shape index (κ1) is 13.8. The fourth-order valence-corrected chi connectivity index (χ4v) is 2.45. The second-order valence-electron chi connectivity index (χ2n) is 4.98. The van der Waals surface area contributed by atoms with Gasteiger partial charge in [-0.25, -0.2) is 4.98 Å². The van der Waals surface area contributed by atoms with Crippen molar-refractivity contribution >= 4 is 11.7 Å². The summed E-state index contributed by atoms with van der Waals surface area (Å²) in [7, 11) is 0. The predicted molar refractivity (Wildman–Crippen MR) is 76.2 cm³/mol. The summed E-state index contributed by atoms with van der Waals surface area (Å²) in [6.07, 6.45) is 2.32. The van der Waals surface area contributed by atoms with Gasteiger partial charge in [0.15, 0.2) is 0 Å². The number of amides is 1. The number of nitrogens with one attached hydrogen (secondary N) is 1. The van der Waals surface area contributed by atoms with E-state index in [4.69, 9.17) is 5.73 Å². The minimum Gasteiger partial charge on any atom is -0.364 e. The highest BCUT2D eigenvalue weighted by molar-refractivity contribution is 5.91. The molecule has 0 aliphatic carbocycles. The van der Waals surface area contributed by atoms with E-state index >= 15 is 0 Å². The molecular formula is C14H22N4O. The number of pyridine rings is 1. The fraction of sp³-hybridized carbons (Fsp3) is 0.571. The summed E-state index contributed by atoms with van der Waals surface area (Å²) in [5, 5.41) is 3.40. The molecule has 0 radical (unpaired) electrons. The minimum absolute atomic E-state index is 0.340. The molecule has 5 heteroatoms. The SMILES string of the molecule is CCNCC1CCN(c2cccc(C(N)=O)n2)CC1. The molecule has 1 aliphatic heterocycles. The van der Waals surface area contributed by atoms with Crippen LogP contribution in [0.5, 0.6) is 0 Å². The molecule has 0 spiro atoms. The van der Waals surface area contributed by atoms with Crippen molar-refractivity contribution in [2.24, 2.45) is 11.7 Å². The molecule has 0 atom stereocenters. The van der Waals surface area contributed by atoms with Crippen molar-refractivity contribution in [3.63, 3.8) is 0 Å². The van der Waals surface area contributed by atoms with Crippen LogP contribution in [-0.2, 0) is 0 Å². The molecular weight excluding hydrogens is 240 g/mol. The number of rotatable bonds is 5. The fourth-order valence-electron chi connectivity index (χ4n) is 2.45. The van der Waals surface area contributed by atoms with Gasteiger partial charge >= 0.3 is 0 Å². The van der Waals surface area contributed by atoms with Gasteiger partial charge in [-0.3, -0.25) is 4.79 Å².